The summed E-state index contributed by atoms with van der Waals surface area (Å²) in [6, 6.07) is 7.68. The summed E-state index contributed by atoms with van der Waals surface area (Å²) in [4.78, 5) is 11.8. The molecule has 17 heavy (non-hydrogen) atoms. The molecule has 92 valence electrons. The Balaban J connectivity index is 2.20. The van der Waals surface area contributed by atoms with Crippen molar-refractivity contribution in [2.45, 2.75) is 12.8 Å². The molecule has 2 unspecified atom stereocenters. The summed E-state index contributed by atoms with van der Waals surface area (Å²) in [6.45, 7) is 3.68. The second-order valence-electron chi connectivity index (χ2n) is 4.14. The molecule has 0 bridgehead atoms. The fourth-order valence-corrected chi connectivity index (χ4v) is 2.55. The second-order valence-corrected chi connectivity index (χ2v) is 4.55. The fraction of sp³-hybridized carbons (Fsp3) is 0.462. The van der Waals surface area contributed by atoms with E-state index in [1.807, 2.05) is 31.2 Å². The lowest BCUT2D eigenvalue weighted by atomic mass is 9.89. The zero-order chi connectivity index (χ0) is 12.3. The molecule has 1 saturated heterocycles. The Hall–Kier alpha value is -1.06. The number of esters is 1. The number of benzene rings is 1. The average Bonchev–Trinajstić information content (AvgIpc) is 2.79. The van der Waals surface area contributed by atoms with Gasteiger partial charge in [0.05, 0.1) is 12.5 Å². The number of hydrogen-bond acceptors (Lipinski definition) is 3. The smallest absolute Gasteiger partial charge is 0.310 e. The van der Waals surface area contributed by atoms with Crippen molar-refractivity contribution in [1.29, 1.82) is 0 Å². The Morgan fingerprint density at radius 3 is 2.94 bits per heavy atom. The Kier molecular flexibility index (Phi) is 4.02. The summed E-state index contributed by atoms with van der Waals surface area (Å²) in [5, 5.41) is 3.95. The van der Waals surface area contributed by atoms with Gasteiger partial charge in [0.1, 0.15) is 0 Å². The van der Waals surface area contributed by atoms with E-state index in [-0.39, 0.29) is 17.8 Å². The van der Waals surface area contributed by atoms with Crippen LogP contribution in [0.3, 0.4) is 0 Å². The lowest BCUT2D eigenvalue weighted by Crippen LogP contribution is -2.24. The first-order chi connectivity index (χ1) is 8.24. The molecule has 3 nitrogen and oxygen atoms in total. The molecular weight excluding hydrogens is 238 g/mol. The van der Waals surface area contributed by atoms with Gasteiger partial charge in [-0.2, -0.15) is 0 Å². The van der Waals surface area contributed by atoms with Gasteiger partial charge in [0.25, 0.3) is 0 Å². The molecule has 0 saturated carbocycles. The van der Waals surface area contributed by atoms with Gasteiger partial charge in [0.15, 0.2) is 0 Å². The lowest BCUT2D eigenvalue weighted by Gasteiger charge is -2.18. The van der Waals surface area contributed by atoms with Crippen LogP contribution in [0.4, 0.5) is 0 Å². The van der Waals surface area contributed by atoms with Gasteiger partial charge in [0.2, 0.25) is 0 Å². The molecule has 0 spiro atoms. The van der Waals surface area contributed by atoms with Crippen molar-refractivity contribution in [2.75, 3.05) is 19.7 Å². The highest BCUT2D eigenvalue weighted by molar-refractivity contribution is 6.31. The Morgan fingerprint density at radius 2 is 2.24 bits per heavy atom. The number of ether oxygens (including phenoxy) is 1. The SMILES string of the molecule is CCOC(=O)C1CNCC1c1ccccc1Cl. The van der Waals surface area contributed by atoms with Crippen molar-refractivity contribution < 1.29 is 9.53 Å². The van der Waals surface area contributed by atoms with Crippen LogP contribution in [0, 0.1) is 5.92 Å². The summed E-state index contributed by atoms with van der Waals surface area (Å²) in [7, 11) is 0. The van der Waals surface area contributed by atoms with Gasteiger partial charge in [-0.25, -0.2) is 0 Å². The minimum Gasteiger partial charge on any atom is -0.466 e. The van der Waals surface area contributed by atoms with Crippen LogP contribution in [0.1, 0.15) is 18.4 Å². The van der Waals surface area contributed by atoms with Crippen LogP contribution in [0.25, 0.3) is 0 Å². The van der Waals surface area contributed by atoms with E-state index in [2.05, 4.69) is 5.32 Å². The Morgan fingerprint density at radius 1 is 1.47 bits per heavy atom. The average molecular weight is 254 g/mol. The molecule has 0 aliphatic carbocycles. The number of carbonyl (C=O) groups is 1. The first-order valence-corrected chi connectivity index (χ1v) is 6.23. The summed E-state index contributed by atoms with van der Waals surface area (Å²) in [5.41, 5.74) is 1.03. The normalized spacial score (nSPS) is 23.6. The van der Waals surface area contributed by atoms with Crippen molar-refractivity contribution in [1.82, 2.24) is 5.32 Å². The number of halogens is 1. The van der Waals surface area contributed by atoms with Gasteiger partial charge in [-0.15, -0.1) is 0 Å². The zero-order valence-electron chi connectivity index (χ0n) is 9.78. The molecular formula is C13H16ClNO2. The Labute approximate surface area is 106 Å². The quantitative estimate of drug-likeness (QED) is 0.840. The van der Waals surface area contributed by atoms with Gasteiger partial charge < -0.3 is 10.1 Å². The number of hydrogen-bond donors (Lipinski definition) is 1. The van der Waals surface area contributed by atoms with E-state index in [0.717, 1.165) is 17.1 Å². The molecule has 0 aromatic heterocycles. The summed E-state index contributed by atoms with van der Waals surface area (Å²) in [6.07, 6.45) is 0. The van der Waals surface area contributed by atoms with E-state index in [4.69, 9.17) is 16.3 Å². The zero-order valence-corrected chi connectivity index (χ0v) is 10.5. The fourth-order valence-electron chi connectivity index (χ4n) is 2.28. The number of rotatable bonds is 3. The van der Waals surface area contributed by atoms with Crippen LogP contribution >= 0.6 is 11.6 Å². The third-order valence-electron chi connectivity index (χ3n) is 3.11. The minimum absolute atomic E-state index is 0.114. The molecule has 1 aromatic carbocycles. The topological polar surface area (TPSA) is 38.3 Å². The van der Waals surface area contributed by atoms with Crippen molar-refractivity contribution in [2.24, 2.45) is 5.92 Å². The molecule has 0 radical (unpaired) electrons. The van der Waals surface area contributed by atoms with E-state index in [9.17, 15) is 4.79 Å². The first kappa shape index (κ1) is 12.4. The van der Waals surface area contributed by atoms with Crippen LogP contribution in [0.5, 0.6) is 0 Å². The van der Waals surface area contributed by atoms with E-state index < -0.39 is 0 Å². The van der Waals surface area contributed by atoms with Crippen LogP contribution in [0.15, 0.2) is 24.3 Å². The van der Waals surface area contributed by atoms with Crippen LogP contribution in [-0.4, -0.2) is 25.7 Å². The summed E-state index contributed by atoms with van der Waals surface area (Å²) >= 11 is 6.17. The molecule has 1 aliphatic rings. The van der Waals surface area contributed by atoms with Crippen LogP contribution in [-0.2, 0) is 9.53 Å². The third-order valence-corrected chi connectivity index (χ3v) is 3.45. The molecule has 2 rings (SSSR count). The largest absolute Gasteiger partial charge is 0.466 e. The molecule has 1 aromatic rings. The highest BCUT2D eigenvalue weighted by Crippen LogP contribution is 2.33. The highest BCUT2D eigenvalue weighted by atomic mass is 35.5. The van der Waals surface area contributed by atoms with Gasteiger partial charge in [-0.1, -0.05) is 29.8 Å². The first-order valence-electron chi connectivity index (χ1n) is 5.85. The Bertz CT molecular complexity index is 408. The van der Waals surface area contributed by atoms with Crippen LogP contribution < -0.4 is 5.32 Å². The summed E-state index contributed by atoms with van der Waals surface area (Å²) in [5.74, 6) is -0.153. The summed E-state index contributed by atoms with van der Waals surface area (Å²) < 4.78 is 5.10. The van der Waals surface area contributed by atoms with Crippen molar-refractivity contribution in [3.05, 3.63) is 34.9 Å². The minimum atomic E-state index is -0.137. The molecule has 4 heteroatoms. The maximum atomic E-state index is 11.8. The maximum Gasteiger partial charge on any atom is 0.310 e. The molecule has 1 heterocycles. The van der Waals surface area contributed by atoms with E-state index in [1.165, 1.54) is 0 Å². The van der Waals surface area contributed by atoms with Gasteiger partial charge >= 0.3 is 5.97 Å². The lowest BCUT2D eigenvalue weighted by molar-refractivity contribution is -0.147. The van der Waals surface area contributed by atoms with Crippen LogP contribution in [0.2, 0.25) is 5.02 Å². The van der Waals surface area contributed by atoms with Crippen molar-refractivity contribution >= 4 is 17.6 Å². The number of nitrogens with one attached hydrogen (secondary N) is 1. The second kappa shape index (κ2) is 5.52. The maximum absolute atomic E-state index is 11.8. The standard InChI is InChI=1S/C13H16ClNO2/c1-2-17-13(16)11-8-15-7-10(11)9-5-3-4-6-12(9)14/h3-6,10-11,15H,2,7-8H2,1H3. The van der Waals surface area contributed by atoms with E-state index >= 15 is 0 Å². The van der Waals surface area contributed by atoms with E-state index in [1.54, 1.807) is 0 Å². The van der Waals surface area contributed by atoms with Gasteiger partial charge in [-0.05, 0) is 18.6 Å². The molecule has 1 aliphatic heterocycles. The highest BCUT2D eigenvalue weighted by Gasteiger charge is 2.35. The van der Waals surface area contributed by atoms with Crippen molar-refractivity contribution in [3.63, 3.8) is 0 Å². The van der Waals surface area contributed by atoms with Gasteiger partial charge in [0, 0.05) is 24.0 Å². The third kappa shape index (κ3) is 2.61. The number of carbonyl (C=O) groups excluding carboxylic acids is 1. The van der Waals surface area contributed by atoms with Crippen molar-refractivity contribution in [3.8, 4) is 0 Å². The van der Waals surface area contributed by atoms with Gasteiger partial charge in [-0.3, -0.25) is 4.79 Å². The predicted molar refractivity (Wildman–Crippen MR) is 67.2 cm³/mol. The monoisotopic (exact) mass is 253 g/mol. The van der Waals surface area contributed by atoms with E-state index in [0.29, 0.717) is 13.2 Å². The predicted octanol–water partition coefficient (Wildman–Crippen LogP) is 2.21. The molecule has 1 fully saturated rings. The molecule has 0 amide bonds. The molecule has 2 atom stereocenters. The molecule has 1 N–H and O–H groups in total.